The van der Waals surface area contributed by atoms with Crippen LogP contribution in [0.1, 0.15) is 28.8 Å². The monoisotopic (exact) mass is 266 g/mol. The van der Waals surface area contributed by atoms with Crippen molar-refractivity contribution in [1.29, 1.82) is 0 Å². The van der Waals surface area contributed by atoms with Crippen LogP contribution in [0.4, 0.5) is 0 Å². The molecule has 100 valence electrons. The summed E-state index contributed by atoms with van der Waals surface area (Å²) in [5.74, 6) is 0.625. The molecule has 0 heterocycles. The molecule has 1 atom stereocenters. The molecule has 1 aromatic rings. The van der Waals surface area contributed by atoms with Crippen molar-refractivity contribution in [1.82, 2.24) is 0 Å². The molecule has 20 heavy (non-hydrogen) atoms. The Morgan fingerprint density at radius 1 is 1.10 bits per heavy atom. The number of aliphatic hydroxyl groups excluding tert-OH is 1. The Kier molecular flexibility index (Phi) is 2.09. The van der Waals surface area contributed by atoms with Crippen molar-refractivity contribution in [2.45, 2.75) is 19.3 Å². The molecule has 0 radical (unpaired) electrons. The number of carbonyl (C=O) groups is 1. The van der Waals surface area contributed by atoms with Gasteiger partial charge in [-0.15, -0.1) is 0 Å². The summed E-state index contributed by atoms with van der Waals surface area (Å²) in [6.07, 6.45) is 7.58. The van der Waals surface area contributed by atoms with Crippen LogP contribution in [0.15, 0.2) is 53.3 Å². The van der Waals surface area contributed by atoms with Crippen LogP contribution >= 0.6 is 0 Å². The molecular weight excluding hydrogens is 252 g/mol. The van der Waals surface area contributed by atoms with Crippen LogP contribution < -0.4 is 0 Å². The molecular formula is C17H14O3. The molecule has 3 aliphatic rings. The third-order valence-corrected chi connectivity index (χ3v) is 4.51. The van der Waals surface area contributed by atoms with E-state index in [1.54, 1.807) is 30.4 Å². The van der Waals surface area contributed by atoms with E-state index in [4.69, 9.17) is 0 Å². The number of hydrogen-bond donors (Lipinski definition) is 2. The number of allylic oxidation sites excluding steroid dienone is 5. The van der Waals surface area contributed by atoms with Crippen LogP contribution in [0.25, 0.3) is 0 Å². The summed E-state index contributed by atoms with van der Waals surface area (Å²) in [6.45, 7) is 0. The minimum Gasteiger partial charge on any atom is -0.508 e. The first-order valence-corrected chi connectivity index (χ1v) is 6.76. The van der Waals surface area contributed by atoms with E-state index in [2.05, 4.69) is 6.08 Å². The number of benzene rings is 1. The molecule has 0 aliphatic heterocycles. The van der Waals surface area contributed by atoms with E-state index in [1.165, 1.54) is 0 Å². The molecule has 1 unspecified atom stereocenters. The highest BCUT2D eigenvalue weighted by Gasteiger charge is 2.48. The second kappa shape index (κ2) is 3.63. The molecule has 4 rings (SSSR count). The standard InChI is InChI=1S/C17H14O3/c18-13-2-1-10-7-17(8-11(10)5-13)9-12-6-14(19)3-4-15(12)16(17)20/h2-7,18-19H,1,8-9H2. The summed E-state index contributed by atoms with van der Waals surface area (Å²) in [5.41, 5.74) is 3.35. The highest BCUT2D eigenvalue weighted by Crippen LogP contribution is 2.51. The van der Waals surface area contributed by atoms with Gasteiger partial charge in [-0.25, -0.2) is 0 Å². The van der Waals surface area contributed by atoms with Gasteiger partial charge in [0.05, 0.1) is 5.41 Å². The van der Waals surface area contributed by atoms with Crippen molar-refractivity contribution in [2.75, 3.05) is 0 Å². The van der Waals surface area contributed by atoms with E-state index in [1.807, 2.05) is 0 Å². The van der Waals surface area contributed by atoms with Crippen LogP contribution in [-0.4, -0.2) is 16.0 Å². The SMILES string of the molecule is O=C1c2ccc(O)cc2CC12C=C1CC=C(O)C=C1C2. The van der Waals surface area contributed by atoms with E-state index in [0.717, 1.165) is 22.3 Å². The topological polar surface area (TPSA) is 57.5 Å². The lowest BCUT2D eigenvalue weighted by Gasteiger charge is -2.18. The molecule has 0 saturated heterocycles. The number of aromatic hydroxyl groups is 1. The van der Waals surface area contributed by atoms with Gasteiger partial charge in [-0.3, -0.25) is 4.79 Å². The number of phenols is 1. The fourth-order valence-electron chi connectivity index (χ4n) is 3.61. The van der Waals surface area contributed by atoms with E-state index in [0.29, 0.717) is 19.3 Å². The number of phenolic OH excluding ortho intramolecular Hbond substituents is 1. The number of Topliss-reactive ketones (excluding diaryl/α,β-unsaturated/α-hetero) is 1. The predicted octanol–water partition coefficient (Wildman–Crippen LogP) is 3.22. The maximum absolute atomic E-state index is 12.7. The van der Waals surface area contributed by atoms with Crippen molar-refractivity contribution in [2.24, 2.45) is 5.41 Å². The first-order valence-electron chi connectivity index (χ1n) is 6.76. The first-order chi connectivity index (χ1) is 9.57. The quantitative estimate of drug-likeness (QED) is 0.758. The molecule has 0 aromatic heterocycles. The van der Waals surface area contributed by atoms with E-state index in [9.17, 15) is 15.0 Å². The summed E-state index contributed by atoms with van der Waals surface area (Å²) >= 11 is 0. The number of fused-ring (bicyclic) bond motifs is 2. The van der Waals surface area contributed by atoms with Crippen LogP contribution in [0.5, 0.6) is 5.75 Å². The van der Waals surface area contributed by atoms with Crippen molar-refractivity contribution >= 4 is 5.78 Å². The fraction of sp³-hybridized carbons (Fsp3) is 0.235. The van der Waals surface area contributed by atoms with E-state index < -0.39 is 5.41 Å². The van der Waals surface area contributed by atoms with Gasteiger partial charge in [-0.05, 0) is 66.3 Å². The molecule has 1 aromatic carbocycles. The Labute approximate surface area is 116 Å². The Bertz CT molecular complexity index is 737. The largest absolute Gasteiger partial charge is 0.508 e. The molecule has 0 amide bonds. The number of hydrogen-bond acceptors (Lipinski definition) is 3. The molecule has 0 saturated carbocycles. The van der Waals surface area contributed by atoms with Gasteiger partial charge in [0.1, 0.15) is 11.5 Å². The van der Waals surface area contributed by atoms with Crippen LogP contribution in [0.3, 0.4) is 0 Å². The average Bonchev–Trinajstić information content (AvgIpc) is 2.88. The van der Waals surface area contributed by atoms with Gasteiger partial charge in [0.15, 0.2) is 5.78 Å². The Morgan fingerprint density at radius 3 is 2.80 bits per heavy atom. The lowest BCUT2D eigenvalue weighted by molar-refractivity contribution is 0.0880. The molecule has 3 heteroatoms. The van der Waals surface area contributed by atoms with E-state index >= 15 is 0 Å². The van der Waals surface area contributed by atoms with Crippen LogP contribution in [0.2, 0.25) is 0 Å². The third-order valence-electron chi connectivity index (χ3n) is 4.51. The molecule has 1 spiro atoms. The number of ketones is 1. The summed E-state index contributed by atoms with van der Waals surface area (Å²) in [5, 5.41) is 19.2. The van der Waals surface area contributed by atoms with Crippen molar-refractivity contribution in [3.8, 4) is 5.75 Å². The highest BCUT2D eigenvalue weighted by atomic mass is 16.3. The molecule has 0 bridgehead atoms. The van der Waals surface area contributed by atoms with Gasteiger partial charge in [-0.2, -0.15) is 0 Å². The minimum absolute atomic E-state index is 0.134. The van der Waals surface area contributed by atoms with Gasteiger partial charge in [-0.1, -0.05) is 6.08 Å². The average molecular weight is 266 g/mol. The van der Waals surface area contributed by atoms with Gasteiger partial charge in [0.25, 0.3) is 0 Å². The second-order valence-corrected chi connectivity index (χ2v) is 5.85. The fourth-order valence-corrected chi connectivity index (χ4v) is 3.61. The Morgan fingerprint density at radius 2 is 1.95 bits per heavy atom. The van der Waals surface area contributed by atoms with Crippen molar-refractivity contribution in [3.63, 3.8) is 0 Å². The van der Waals surface area contributed by atoms with Gasteiger partial charge < -0.3 is 10.2 Å². The number of aliphatic hydroxyl groups is 1. The zero-order chi connectivity index (χ0) is 13.9. The van der Waals surface area contributed by atoms with Gasteiger partial charge in [0, 0.05) is 5.56 Å². The van der Waals surface area contributed by atoms with Gasteiger partial charge >= 0.3 is 0 Å². The maximum Gasteiger partial charge on any atom is 0.173 e. The Hall–Kier alpha value is -2.29. The molecule has 3 aliphatic carbocycles. The van der Waals surface area contributed by atoms with E-state index in [-0.39, 0.29) is 17.3 Å². The summed E-state index contributed by atoms with van der Waals surface area (Å²) < 4.78 is 0. The summed E-state index contributed by atoms with van der Waals surface area (Å²) in [4.78, 5) is 12.7. The normalized spacial score (nSPS) is 27.0. The summed E-state index contributed by atoms with van der Waals surface area (Å²) in [7, 11) is 0. The number of rotatable bonds is 0. The summed E-state index contributed by atoms with van der Waals surface area (Å²) in [6, 6.07) is 4.97. The lowest BCUT2D eigenvalue weighted by atomic mass is 9.82. The highest BCUT2D eigenvalue weighted by molar-refractivity contribution is 6.07. The maximum atomic E-state index is 12.7. The van der Waals surface area contributed by atoms with Crippen LogP contribution in [-0.2, 0) is 6.42 Å². The predicted molar refractivity (Wildman–Crippen MR) is 74.7 cm³/mol. The zero-order valence-electron chi connectivity index (χ0n) is 10.9. The zero-order valence-corrected chi connectivity index (χ0v) is 10.9. The minimum atomic E-state index is -0.504. The number of carbonyl (C=O) groups excluding carboxylic acids is 1. The molecule has 3 nitrogen and oxygen atoms in total. The first kappa shape index (κ1) is 11.5. The lowest BCUT2D eigenvalue weighted by Crippen LogP contribution is -2.23. The molecule has 0 fully saturated rings. The van der Waals surface area contributed by atoms with Crippen molar-refractivity contribution in [3.05, 3.63) is 64.5 Å². The van der Waals surface area contributed by atoms with Crippen LogP contribution in [0, 0.1) is 5.41 Å². The molecule has 2 N–H and O–H groups in total. The second-order valence-electron chi connectivity index (χ2n) is 5.85. The Balaban J connectivity index is 1.78. The third kappa shape index (κ3) is 1.43. The smallest absolute Gasteiger partial charge is 0.173 e. The van der Waals surface area contributed by atoms with Crippen molar-refractivity contribution < 1.29 is 15.0 Å². The van der Waals surface area contributed by atoms with Gasteiger partial charge in [0.2, 0.25) is 0 Å².